The third kappa shape index (κ3) is 3.51. The van der Waals surface area contributed by atoms with Gasteiger partial charge in [-0.15, -0.1) is 11.3 Å². The molecule has 0 aliphatic heterocycles. The van der Waals surface area contributed by atoms with Gasteiger partial charge in [-0.1, -0.05) is 30.7 Å². The highest BCUT2D eigenvalue weighted by molar-refractivity contribution is 7.16. The fraction of sp³-hybridized carbons (Fsp3) is 0.333. The molecule has 2 aromatic rings. The SMILES string of the molecule is CCNC(Cc1cccc(OC)c1F)c1ccc(Cl)s1. The van der Waals surface area contributed by atoms with E-state index >= 15 is 0 Å². The van der Waals surface area contributed by atoms with Gasteiger partial charge in [0, 0.05) is 10.9 Å². The summed E-state index contributed by atoms with van der Waals surface area (Å²) in [4.78, 5) is 1.11. The first kappa shape index (κ1) is 15.3. The first-order chi connectivity index (χ1) is 9.65. The molecule has 5 heteroatoms. The summed E-state index contributed by atoms with van der Waals surface area (Å²) in [6.07, 6.45) is 0.563. The molecule has 2 rings (SSSR count). The molecule has 1 unspecified atom stereocenters. The van der Waals surface area contributed by atoms with Crippen molar-refractivity contribution in [3.05, 3.63) is 50.9 Å². The minimum atomic E-state index is -0.291. The average molecular weight is 314 g/mol. The van der Waals surface area contributed by atoms with Gasteiger partial charge in [-0.25, -0.2) is 4.39 Å². The van der Waals surface area contributed by atoms with Gasteiger partial charge in [0.25, 0.3) is 0 Å². The van der Waals surface area contributed by atoms with Gasteiger partial charge in [0.1, 0.15) is 0 Å². The standard InChI is InChI=1S/C15H17ClFNOS/c1-3-18-11(13-7-8-14(16)20-13)9-10-5-4-6-12(19-2)15(10)17/h4-8,11,18H,3,9H2,1-2H3. The Bertz CT molecular complexity index is 573. The number of nitrogens with one attached hydrogen (secondary N) is 1. The summed E-state index contributed by atoms with van der Waals surface area (Å²) in [6, 6.07) is 9.13. The van der Waals surface area contributed by atoms with Crippen molar-refractivity contribution in [1.82, 2.24) is 5.32 Å². The highest BCUT2D eigenvalue weighted by atomic mass is 35.5. The number of likely N-dealkylation sites (N-methyl/N-ethyl adjacent to an activating group) is 1. The monoisotopic (exact) mass is 313 g/mol. The number of thiophene rings is 1. The Balaban J connectivity index is 2.24. The summed E-state index contributed by atoms with van der Waals surface area (Å²) in [5.74, 6) is -0.0116. The van der Waals surface area contributed by atoms with Crippen molar-refractivity contribution in [1.29, 1.82) is 0 Å². The van der Waals surface area contributed by atoms with Crippen molar-refractivity contribution in [2.24, 2.45) is 0 Å². The fourth-order valence-corrected chi connectivity index (χ4v) is 3.26. The van der Waals surface area contributed by atoms with Gasteiger partial charge >= 0.3 is 0 Å². The summed E-state index contributed by atoms with van der Waals surface area (Å²) >= 11 is 7.50. The number of ether oxygens (including phenoxy) is 1. The molecule has 108 valence electrons. The Morgan fingerprint density at radius 3 is 2.75 bits per heavy atom. The van der Waals surface area contributed by atoms with E-state index in [4.69, 9.17) is 16.3 Å². The Labute approximate surface area is 127 Å². The van der Waals surface area contributed by atoms with Crippen LogP contribution < -0.4 is 10.1 Å². The van der Waals surface area contributed by atoms with Crippen molar-refractivity contribution in [2.75, 3.05) is 13.7 Å². The molecule has 1 aromatic heterocycles. The van der Waals surface area contributed by atoms with E-state index in [0.717, 1.165) is 15.8 Å². The molecule has 1 aromatic carbocycles. The van der Waals surface area contributed by atoms with E-state index in [0.29, 0.717) is 12.0 Å². The molecule has 0 saturated heterocycles. The first-order valence-corrected chi connectivity index (χ1v) is 7.65. The maximum Gasteiger partial charge on any atom is 0.168 e. The lowest BCUT2D eigenvalue weighted by molar-refractivity contribution is 0.382. The van der Waals surface area contributed by atoms with Crippen molar-refractivity contribution in [3.8, 4) is 5.75 Å². The number of rotatable bonds is 6. The van der Waals surface area contributed by atoms with E-state index in [1.54, 1.807) is 12.1 Å². The first-order valence-electron chi connectivity index (χ1n) is 6.45. The van der Waals surface area contributed by atoms with Crippen LogP contribution >= 0.6 is 22.9 Å². The quantitative estimate of drug-likeness (QED) is 0.851. The van der Waals surface area contributed by atoms with Crippen LogP contribution in [0.3, 0.4) is 0 Å². The molecule has 20 heavy (non-hydrogen) atoms. The molecule has 0 fully saturated rings. The van der Waals surface area contributed by atoms with Gasteiger partial charge in [-0.2, -0.15) is 0 Å². The smallest absolute Gasteiger partial charge is 0.168 e. The van der Waals surface area contributed by atoms with Crippen molar-refractivity contribution in [3.63, 3.8) is 0 Å². The van der Waals surface area contributed by atoms with E-state index in [1.165, 1.54) is 18.4 Å². The Morgan fingerprint density at radius 2 is 2.15 bits per heavy atom. The van der Waals surface area contributed by atoms with Crippen molar-refractivity contribution < 1.29 is 9.13 Å². The molecular weight excluding hydrogens is 297 g/mol. The normalized spacial score (nSPS) is 12.4. The van der Waals surface area contributed by atoms with Crippen LogP contribution in [0.5, 0.6) is 5.75 Å². The van der Waals surface area contributed by atoms with Gasteiger partial charge in [0.15, 0.2) is 11.6 Å². The highest BCUT2D eigenvalue weighted by Gasteiger charge is 2.17. The number of methoxy groups -OCH3 is 1. The van der Waals surface area contributed by atoms with E-state index in [2.05, 4.69) is 5.32 Å². The highest BCUT2D eigenvalue weighted by Crippen LogP contribution is 2.30. The van der Waals surface area contributed by atoms with Crippen LogP contribution in [-0.4, -0.2) is 13.7 Å². The second-order valence-electron chi connectivity index (χ2n) is 4.39. The summed E-state index contributed by atoms with van der Waals surface area (Å²) in [6.45, 7) is 2.84. The van der Waals surface area contributed by atoms with E-state index in [-0.39, 0.29) is 17.6 Å². The van der Waals surface area contributed by atoms with Crippen LogP contribution in [0, 0.1) is 5.82 Å². The maximum atomic E-state index is 14.2. The molecule has 0 amide bonds. The Hall–Kier alpha value is -1.10. The zero-order chi connectivity index (χ0) is 14.5. The third-order valence-corrected chi connectivity index (χ3v) is 4.42. The lowest BCUT2D eigenvalue weighted by atomic mass is 10.0. The van der Waals surface area contributed by atoms with Gasteiger partial charge < -0.3 is 10.1 Å². The topological polar surface area (TPSA) is 21.3 Å². The van der Waals surface area contributed by atoms with E-state index in [1.807, 2.05) is 25.1 Å². The number of hydrogen-bond donors (Lipinski definition) is 1. The summed E-state index contributed by atoms with van der Waals surface area (Å²) in [7, 11) is 1.48. The predicted octanol–water partition coefficient (Wildman–Crippen LogP) is 4.44. The molecule has 1 N–H and O–H groups in total. The maximum absolute atomic E-state index is 14.2. The summed E-state index contributed by atoms with van der Waals surface area (Å²) in [5.41, 5.74) is 0.639. The Kier molecular flexibility index (Phi) is 5.40. The minimum Gasteiger partial charge on any atom is -0.494 e. The molecule has 0 radical (unpaired) electrons. The lowest BCUT2D eigenvalue weighted by Crippen LogP contribution is -2.22. The average Bonchev–Trinajstić information content (AvgIpc) is 2.87. The van der Waals surface area contributed by atoms with E-state index in [9.17, 15) is 4.39 Å². The van der Waals surface area contributed by atoms with Crippen molar-refractivity contribution >= 4 is 22.9 Å². The van der Waals surface area contributed by atoms with Crippen LogP contribution in [0.2, 0.25) is 4.34 Å². The zero-order valence-corrected chi connectivity index (χ0v) is 13.0. The van der Waals surface area contributed by atoms with Crippen LogP contribution in [0.25, 0.3) is 0 Å². The fourth-order valence-electron chi connectivity index (χ4n) is 2.13. The molecule has 2 nitrogen and oxygen atoms in total. The van der Waals surface area contributed by atoms with Crippen LogP contribution in [0.15, 0.2) is 30.3 Å². The largest absolute Gasteiger partial charge is 0.494 e. The second-order valence-corrected chi connectivity index (χ2v) is 6.14. The molecule has 0 aliphatic carbocycles. The molecule has 0 aliphatic rings. The van der Waals surface area contributed by atoms with Crippen molar-refractivity contribution in [2.45, 2.75) is 19.4 Å². The zero-order valence-electron chi connectivity index (χ0n) is 11.5. The molecule has 1 heterocycles. The summed E-state index contributed by atoms with van der Waals surface area (Å²) in [5, 5.41) is 3.37. The summed E-state index contributed by atoms with van der Waals surface area (Å²) < 4.78 is 20.0. The van der Waals surface area contributed by atoms with Gasteiger partial charge in [-0.05, 0) is 36.7 Å². The number of halogens is 2. The molecule has 0 saturated carbocycles. The molecule has 0 spiro atoms. The number of hydrogen-bond acceptors (Lipinski definition) is 3. The van der Waals surface area contributed by atoms with E-state index < -0.39 is 0 Å². The van der Waals surface area contributed by atoms with Crippen LogP contribution in [0.4, 0.5) is 4.39 Å². The van der Waals surface area contributed by atoms with Gasteiger partial charge in [0.05, 0.1) is 11.4 Å². The minimum absolute atomic E-state index is 0.0547. The molecular formula is C15H17ClFNOS. The predicted molar refractivity (Wildman–Crippen MR) is 82.4 cm³/mol. The third-order valence-electron chi connectivity index (χ3n) is 3.08. The van der Waals surface area contributed by atoms with Crippen LogP contribution in [-0.2, 0) is 6.42 Å². The second kappa shape index (κ2) is 7.07. The lowest BCUT2D eigenvalue weighted by Gasteiger charge is -2.17. The molecule has 0 bridgehead atoms. The van der Waals surface area contributed by atoms with Gasteiger partial charge in [-0.3, -0.25) is 0 Å². The number of benzene rings is 1. The van der Waals surface area contributed by atoms with Gasteiger partial charge in [0.2, 0.25) is 0 Å². The molecule has 1 atom stereocenters. The van der Waals surface area contributed by atoms with Crippen LogP contribution in [0.1, 0.15) is 23.4 Å². The Morgan fingerprint density at radius 1 is 1.35 bits per heavy atom.